The van der Waals surface area contributed by atoms with Crippen LogP contribution in [-0.4, -0.2) is 61.5 Å². The molecule has 18 heavy (non-hydrogen) atoms. The highest BCUT2D eigenvalue weighted by molar-refractivity contribution is 5.78. The Bertz CT molecular complexity index is 254. The van der Waals surface area contributed by atoms with Gasteiger partial charge in [-0.05, 0) is 38.3 Å². The maximum atomic E-state index is 12.2. The van der Waals surface area contributed by atoms with Gasteiger partial charge in [0.1, 0.15) is 0 Å². The van der Waals surface area contributed by atoms with E-state index >= 15 is 0 Å². The van der Waals surface area contributed by atoms with Crippen molar-refractivity contribution in [2.45, 2.75) is 32.6 Å². The van der Waals surface area contributed by atoms with Crippen LogP contribution in [0.5, 0.6) is 0 Å². The summed E-state index contributed by atoms with van der Waals surface area (Å²) in [6.45, 7) is 9.01. The smallest absolute Gasteiger partial charge is 0.236 e. The van der Waals surface area contributed by atoms with Gasteiger partial charge in [0.2, 0.25) is 5.91 Å². The van der Waals surface area contributed by atoms with E-state index in [0.29, 0.717) is 12.5 Å². The third-order valence-corrected chi connectivity index (χ3v) is 4.34. The van der Waals surface area contributed by atoms with Crippen molar-refractivity contribution in [3.8, 4) is 0 Å². The number of hydrogen-bond acceptors (Lipinski definition) is 3. The zero-order valence-corrected chi connectivity index (χ0v) is 11.7. The Kier molecular flexibility index (Phi) is 5.45. The Morgan fingerprint density at radius 1 is 1.17 bits per heavy atom. The number of likely N-dealkylation sites (tertiary alicyclic amines) is 1. The Morgan fingerprint density at radius 3 is 2.67 bits per heavy atom. The fourth-order valence-corrected chi connectivity index (χ4v) is 2.94. The van der Waals surface area contributed by atoms with Crippen molar-refractivity contribution in [3.05, 3.63) is 0 Å². The Balaban J connectivity index is 1.74. The van der Waals surface area contributed by atoms with Gasteiger partial charge in [-0.25, -0.2) is 0 Å². The molecule has 1 N–H and O–H groups in total. The Labute approximate surface area is 111 Å². The molecule has 1 amide bonds. The second-order valence-corrected chi connectivity index (χ2v) is 5.61. The van der Waals surface area contributed by atoms with E-state index < -0.39 is 0 Å². The van der Waals surface area contributed by atoms with E-state index in [2.05, 4.69) is 22.0 Å². The average molecular weight is 253 g/mol. The van der Waals surface area contributed by atoms with E-state index in [1.54, 1.807) is 0 Å². The predicted molar refractivity (Wildman–Crippen MR) is 73.5 cm³/mol. The largest absolute Gasteiger partial charge is 0.342 e. The van der Waals surface area contributed by atoms with Crippen molar-refractivity contribution < 1.29 is 4.79 Å². The first-order valence-corrected chi connectivity index (χ1v) is 7.50. The lowest BCUT2D eigenvalue weighted by molar-refractivity contribution is -0.133. The van der Waals surface area contributed by atoms with Gasteiger partial charge in [-0.3, -0.25) is 9.69 Å². The molecule has 0 aliphatic carbocycles. The molecule has 2 saturated heterocycles. The fourth-order valence-electron chi connectivity index (χ4n) is 2.94. The first-order chi connectivity index (χ1) is 8.79. The number of rotatable bonds is 3. The molecule has 2 rings (SSSR count). The molecule has 0 bridgehead atoms. The summed E-state index contributed by atoms with van der Waals surface area (Å²) in [5.41, 5.74) is 0. The molecule has 4 nitrogen and oxygen atoms in total. The van der Waals surface area contributed by atoms with Crippen LogP contribution < -0.4 is 5.32 Å². The predicted octanol–water partition coefficient (Wildman–Crippen LogP) is 0.930. The van der Waals surface area contributed by atoms with Crippen molar-refractivity contribution in [2.24, 2.45) is 5.92 Å². The number of carbonyl (C=O) groups is 1. The minimum absolute atomic E-state index is 0.339. The highest BCUT2D eigenvalue weighted by Gasteiger charge is 2.23. The second-order valence-electron chi connectivity index (χ2n) is 5.61. The molecule has 2 aliphatic heterocycles. The summed E-state index contributed by atoms with van der Waals surface area (Å²) < 4.78 is 0. The van der Waals surface area contributed by atoms with Crippen molar-refractivity contribution in [1.82, 2.24) is 15.1 Å². The first kappa shape index (κ1) is 13.8. The van der Waals surface area contributed by atoms with E-state index in [9.17, 15) is 4.79 Å². The number of amides is 1. The van der Waals surface area contributed by atoms with Gasteiger partial charge in [0.15, 0.2) is 0 Å². The molecule has 0 radical (unpaired) electrons. The number of nitrogens with zero attached hydrogens (tertiary/aromatic N) is 2. The van der Waals surface area contributed by atoms with Crippen LogP contribution >= 0.6 is 0 Å². The summed E-state index contributed by atoms with van der Waals surface area (Å²) in [6.07, 6.45) is 4.82. The molecule has 4 heteroatoms. The summed E-state index contributed by atoms with van der Waals surface area (Å²) in [6, 6.07) is 0. The van der Waals surface area contributed by atoms with E-state index in [4.69, 9.17) is 0 Å². The molecule has 2 aliphatic rings. The zero-order valence-electron chi connectivity index (χ0n) is 11.7. The maximum Gasteiger partial charge on any atom is 0.236 e. The van der Waals surface area contributed by atoms with E-state index in [0.717, 1.165) is 51.6 Å². The fraction of sp³-hybridized carbons (Fsp3) is 0.929. The van der Waals surface area contributed by atoms with Crippen LogP contribution in [0.4, 0.5) is 0 Å². The van der Waals surface area contributed by atoms with Gasteiger partial charge >= 0.3 is 0 Å². The Morgan fingerprint density at radius 2 is 1.94 bits per heavy atom. The van der Waals surface area contributed by atoms with Crippen molar-refractivity contribution in [3.63, 3.8) is 0 Å². The number of hydrogen-bond donors (Lipinski definition) is 1. The molecule has 2 fully saturated rings. The monoisotopic (exact) mass is 253 g/mol. The summed E-state index contributed by atoms with van der Waals surface area (Å²) in [5.74, 6) is 1.18. The van der Waals surface area contributed by atoms with Gasteiger partial charge in [0.25, 0.3) is 0 Å². The van der Waals surface area contributed by atoms with Crippen LogP contribution in [-0.2, 0) is 4.79 Å². The molecule has 0 spiro atoms. The second kappa shape index (κ2) is 7.10. The normalized spacial score (nSPS) is 23.9. The number of nitrogens with one attached hydrogen (secondary N) is 1. The highest BCUT2D eigenvalue weighted by atomic mass is 16.2. The quantitative estimate of drug-likeness (QED) is 0.813. The maximum absolute atomic E-state index is 12.2. The molecular weight excluding hydrogens is 226 g/mol. The van der Waals surface area contributed by atoms with Gasteiger partial charge in [0.05, 0.1) is 6.54 Å². The SMILES string of the molecule is CCC1CCN(C(=O)CN2CCCNCC2)CC1. The van der Waals surface area contributed by atoms with Crippen LogP contribution in [0.15, 0.2) is 0 Å². The summed E-state index contributed by atoms with van der Waals surface area (Å²) in [4.78, 5) is 16.6. The van der Waals surface area contributed by atoms with Crippen LogP contribution in [0.2, 0.25) is 0 Å². The third-order valence-electron chi connectivity index (χ3n) is 4.34. The molecule has 104 valence electrons. The number of piperidine rings is 1. The van der Waals surface area contributed by atoms with E-state index in [1.807, 2.05) is 0 Å². The number of carbonyl (C=O) groups excluding carboxylic acids is 1. The molecule has 0 atom stereocenters. The van der Waals surface area contributed by atoms with Gasteiger partial charge < -0.3 is 10.2 Å². The van der Waals surface area contributed by atoms with E-state index in [1.165, 1.54) is 19.3 Å². The van der Waals surface area contributed by atoms with Crippen LogP contribution in [0.3, 0.4) is 0 Å². The molecule has 0 aromatic rings. The molecule has 0 saturated carbocycles. The van der Waals surface area contributed by atoms with Crippen molar-refractivity contribution >= 4 is 5.91 Å². The lowest BCUT2D eigenvalue weighted by Gasteiger charge is -2.33. The van der Waals surface area contributed by atoms with Crippen LogP contribution in [0.25, 0.3) is 0 Å². The molecule has 0 aromatic carbocycles. The standard InChI is InChI=1S/C14H27N3O/c1-2-13-4-9-17(10-5-13)14(18)12-16-8-3-6-15-7-11-16/h13,15H,2-12H2,1H3. The first-order valence-electron chi connectivity index (χ1n) is 7.50. The van der Waals surface area contributed by atoms with Gasteiger partial charge in [-0.1, -0.05) is 13.3 Å². The van der Waals surface area contributed by atoms with Crippen molar-refractivity contribution in [2.75, 3.05) is 45.8 Å². The lowest BCUT2D eigenvalue weighted by Crippen LogP contribution is -2.44. The minimum atomic E-state index is 0.339. The van der Waals surface area contributed by atoms with E-state index in [-0.39, 0.29) is 0 Å². The summed E-state index contributed by atoms with van der Waals surface area (Å²) in [7, 11) is 0. The van der Waals surface area contributed by atoms with Gasteiger partial charge in [-0.2, -0.15) is 0 Å². The van der Waals surface area contributed by atoms with Gasteiger partial charge in [0, 0.05) is 26.2 Å². The highest BCUT2D eigenvalue weighted by Crippen LogP contribution is 2.19. The van der Waals surface area contributed by atoms with Gasteiger partial charge in [-0.15, -0.1) is 0 Å². The third kappa shape index (κ3) is 3.95. The minimum Gasteiger partial charge on any atom is -0.342 e. The van der Waals surface area contributed by atoms with Crippen LogP contribution in [0, 0.1) is 5.92 Å². The Hall–Kier alpha value is -0.610. The average Bonchev–Trinajstić information content (AvgIpc) is 2.67. The topological polar surface area (TPSA) is 35.6 Å². The molecule has 0 unspecified atom stereocenters. The lowest BCUT2D eigenvalue weighted by atomic mass is 9.94. The van der Waals surface area contributed by atoms with Crippen LogP contribution in [0.1, 0.15) is 32.6 Å². The molecule has 2 heterocycles. The molecular formula is C14H27N3O. The summed E-state index contributed by atoms with van der Waals surface area (Å²) in [5, 5.41) is 3.38. The summed E-state index contributed by atoms with van der Waals surface area (Å²) >= 11 is 0. The van der Waals surface area contributed by atoms with Crippen molar-refractivity contribution in [1.29, 1.82) is 0 Å². The molecule has 0 aromatic heterocycles. The zero-order chi connectivity index (χ0) is 12.8.